The molecule has 0 bridgehead atoms. The minimum Gasteiger partial charge on any atom is -0.462 e. The van der Waals surface area contributed by atoms with Crippen molar-refractivity contribution in [3.63, 3.8) is 0 Å². The number of nitrogens with two attached hydrogens (primary N) is 1. The fraction of sp³-hybridized carbons (Fsp3) is 0.222. The molecule has 0 saturated heterocycles. The van der Waals surface area contributed by atoms with E-state index in [-0.39, 0.29) is 0 Å². The second-order valence-corrected chi connectivity index (χ2v) is 3.74. The van der Waals surface area contributed by atoms with Gasteiger partial charge >= 0.3 is 5.97 Å². The highest BCUT2D eigenvalue weighted by Crippen LogP contribution is 2.31. The number of carbonyl (C=O) groups is 1. The van der Waals surface area contributed by atoms with Gasteiger partial charge in [-0.3, -0.25) is 0 Å². The Morgan fingerprint density at radius 3 is 2.86 bits per heavy atom. The van der Waals surface area contributed by atoms with Gasteiger partial charge in [-0.05, 0) is 35.0 Å². The van der Waals surface area contributed by atoms with Crippen LogP contribution >= 0.6 is 27.5 Å². The zero-order chi connectivity index (χ0) is 10.7. The average Bonchev–Trinajstić information content (AvgIpc) is 2.15. The third-order valence-corrected chi connectivity index (χ3v) is 3.03. The van der Waals surface area contributed by atoms with E-state index in [9.17, 15) is 4.79 Å². The van der Waals surface area contributed by atoms with Crippen molar-refractivity contribution in [1.29, 1.82) is 0 Å². The van der Waals surface area contributed by atoms with E-state index in [1.54, 1.807) is 19.1 Å². The number of carbonyl (C=O) groups excluding carboxylic acids is 1. The van der Waals surface area contributed by atoms with Crippen LogP contribution in [0.4, 0.5) is 5.69 Å². The van der Waals surface area contributed by atoms with Gasteiger partial charge in [0.25, 0.3) is 0 Å². The van der Waals surface area contributed by atoms with Crippen molar-refractivity contribution in [1.82, 2.24) is 0 Å². The lowest BCUT2D eigenvalue weighted by Crippen LogP contribution is -2.08. The molecule has 0 saturated carbocycles. The van der Waals surface area contributed by atoms with Crippen molar-refractivity contribution in [3.8, 4) is 0 Å². The maximum atomic E-state index is 11.4. The van der Waals surface area contributed by atoms with Gasteiger partial charge in [0.05, 0.1) is 27.4 Å². The highest BCUT2D eigenvalue weighted by atomic mass is 79.9. The summed E-state index contributed by atoms with van der Waals surface area (Å²) >= 11 is 8.97. The first-order valence-corrected chi connectivity index (χ1v) is 5.15. The number of anilines is 1. The lowest BCUT2D eigenvalue weighted by atomic mass is 10.2. The van der Waals surface area contributed by atoms with Crippen molar-refractivity contribution in [2.24, 2.45) is 0 Å². The Bertz CT molecular complexity index is 368. The highest BCUT2D eigenvalue weighted by molar-refractivity contribution is 9.10. The molecule has 0 atom stereocenters. The van der Waals surface area contributed by atoms with Gasteiger partial charge in [0, 0.05) is 0 Å². The van der Waals surface area contributed by atoms with Gasteiger partial charge in [0.1, 0.15) is 0 Å². The number of rotatable bonds is 2. The maximum Gasteiger partial charge on any atom is 0.340 e. The van der Waals surface area contributed by atoms with Crippen LogP contribution in [0.3, 0.4) is 0 Å². The summed E-state index contributed by atoms with van der Waals surface area (Å²) in [7, 11) is 0. The van der Waals surface area contributed by atoms with Crippen molar-refractivity contribution in [2.45, 2.75) is 6.92 Å². The topological polar surface area (TPSA) is 52.3 Å². The Morgan fingerprint density at radius 2 is 2.29 bits per heavy atom. The van der Waals surface area contributed by atoms with E-state index >= 15 is 0 Å². The Hall–Kier alpha value is -0.740. The van der Waals surface area contributed by atoms with E-state index in [1.807, 2.05) is 0 Å². The number of hydrogen-bond donors (Lipinski definition) is 1. The van der Waals surface area contributed by atoms with Crippen LogP contribution in [0.25, 0.3) is 0 Å². The van der Waals surface area contributed by atoms with Gasteiger partial charge in [-0.25, -0.2) is 4.79 Å². The Kier molecular flexibility index (Phi) is 3.77. The standard InChI is InChI=1S/C9H9BrClNO2/c1-2-14-9(13)5-3-4-6(11)7(10)8(5)12/h3-4H,2,12H2,1H3. The zero-order valence-electron chi connectivity index (χ0n) is 7.51. The summed E-state index contributed by atoms with van der Waals surface area (Å²) in [5.41, 5.74) is 6.31. The fourth-order valence-corrected chi connectivity index (χ4v) is 1.46. The van der Waals surface area contributed by atoms with E-state index in [0.29, 0.717) is 27.4 Å². The molecular formula is C9H9BrClNO2. The van der Waals surface area contributed by atoms with Crippen molar-refractivity contribution >= 4 is 39.2 Å². The van der Waals surface area contributed by atoms with E-state index in [4.69, 9.17) is 22.1 Å². The Morgan fingerprint density at radius 1 is 1.64 bits per heavy atom. The lowest BCUT2D eigenvalue weighted by molar-refractivity contribution is 0.0527. The van der Waals surface area contributed by atoms with E-state index in [1.165, 1.54) is 0 Å². The molecule has 0 spiro atoms. The number of hydrogen-bond acceptors (Lipinski definition) is 3. The van der Waals surface area contributed by atoms with Crippen LogP contribution in [0.2, 0.25) is 5.02 Å². The molecule has 0 aliphatic carbocycles. The summed E-state index contributed by atoms with van der Waals surface area (Å²) in [5.74, 6) is -0.442. The monoisotopic (exact) mass is 277 g/mol. The second kappa shape index (κ2) is 4.66. The van der Waals surface area contributed by atoms with Crippen LogP contribution in [-0.4, -0.2) is 12.6 Å². The molecule has 5 heteroatoms. The molecule has 0 radical (unpaired) electrons. The first-order chi connectivity index (χ1) is 6.57. The van der Waals surface area contributed by atoms with Crippen LogP contribution in [-0.2, 0) is 4.74 Å². The van der Waals surface area contributed by atoms with Crippen LogP contribution < -0.4 is 5.73 Å². The number of nitrogen functional groups attached to an aromatic ring is 1. The molecule has 0 aromatic heterocycles. The molecule has 0 fully saturated rings. The average molecular weight is 279 g/mol. The molecule has 2 N–H and O–H groups in total. The minimum atomic E-state index is -0.442. The molecule has 0 unspecified atom stereocenters. The largest absolute Gasteiger partial charge is 0.462 e. The summed E-state index contributed by atoms with van der Waals surface area (Å²) in [4.78, 5) is 11.4. The van der Waals surface area contributed by atoms with Crippen LogP contribution in [0.15, 0.2) is 16.6 Å². The third-order valence-electron chi connectivity index (χ3n) is 1.63. The van der Waals surface area contributed by atoms with Crippen LogP contribution in [0.5, 0.6) is 0 Å². The van der Waals surface area contributed by atoms with Gasteiger partial charge < -0.3 is 10.5 Å². The molecule has 1 rings (SSSR count). The summed E-state index contributed by atoms with van der Waals surface area (Å²) in [5, 5.41) is 0.468. The zero-order valence-corrected chi connectivity index (χ0v) is 9.85. The van der Waals surface area contributed by atoms with Gasteiger partial charge in [0.2, 0.25) is 0 Å². The first kappa shape index (κ1) is 11.3. The predicted octanol–water partition coefficient (Wildman–Crippen LogP) is 2.86. The fourth-order valence-electron chi connectivity index (χ4n) is 0.953. The second-order valence-electron chi connectivity index (χ2n) is 2.54. The Labute approximate surface area is 95.3 Å². The number of esters is 1. The molecule has 3 nitrogen and oxygen atoms in total. The predicted molar refractivity (Wildman–Crippen MR) is 59.5 cm³/mol. The highest BCUT2D eigenvalue weighted by Gasteiger charge is 2.14. The normalized spacial score (nSPS) is 9.93. The van der Waals surface area contributed by atoms with Gasteiger partial charge in [-0.1, -0.05) is 11.6 Å². The van der Waals surface area contributed by atoms with Gasteiger partial charge in [-0.2, -0.15) is 0 Å². The molecule has 1 aromatic carbocycles. The van der Waals surface area contributed by atoms with E-state index < -0.39 is 5.97 Å². The van der Waals surface area contributed by atoms with Gasteiger partial charge in [-0.15, -0.1) is 0 Å². The molecule has 0 aliphatic rings. The lowest BCUT2D eigenvalue weighted by Gasteiger charge is -2.07. The molecule has 0 aliphatic heterocycles. The Balaban J connectivity index is 3.11. The summed E-state index contributed by atoms with van der Waals surface area (Å²) < 4.78 is 5.34. The number of benzene rings is 1. The summed E-state index contributed by atoms with van der Waals surface area (Å²) in [6.45, 7) is 2.05. The molecular weight excluding hydrogens is 269 g/mol. The third kappa shape index (κ3) is 2.19. The van der Waals surface area contributed by atoms with Crippen LogP contribution in [0.1, 0.15) is 17.3 Å². The molecule has 0 heterocycles. The van der Waals surface area contributed by atoms with Crippen molar-refractivity contribution in [3.05, 3.63) is 27.2 Å². The minimum absolute atomic E-state index is 0.302. The quantitative estimate of drug-likeness (QED) is 0.668. The van der Waals surface area contributed by atoms with E-state index in [0.717, 1.165) is 0 Å². The molecule has 1 aromatic rings. The van der Waals surface area contributed by atoms with Crippen molar-refractivity contribution in [2.75, 3.05) is 12.3 Å². The number of halogens is 2. The van der Waals surface area contributed by atoms with Crippen molar-refractivity contribution < 1.29 is 9.53 Å². The first-order valence-electron chi connectivity index (χ1n) is 3.98. The number of ether oxygens (including phenoxy) is 1. The SMILES string of the molecule is CCOC(=O)c1ccc(Cl)c(Br)c1N. The molecule has 76 valence electrons. The molecule has 14 heavy (non-hydrogen) atoms. The molecule has 0 amide bonds. The maximum absolute atomic E-state index is 11.4. The summed E-state index contributed by atoms with van der Waals surface area (Å²) in [6.07, 6.45) is 0. The smallest absolute Gasteiger partial charge is 0.340 e. The van der Waals surface area contributed by atoms with E-state index in [2.05, 4.69) is 15.9 Å². The summed E-state index contributed by atoms with van der Waals surface area (Å²) in [6, 6.07) is 3.13. The van der Waals surface area contributed by atoms with Gasteiger partial charge in [0.15, 0.2) is 0 Å². The van der Waals surface area contributed by atoms with Crippen LogP contribution in [0, 0.1) is 0 Å².